The van der Waals surface area contributed by atoms with Gasteiger partial charge in [-0.2, -0.15) is 8.42 Å². The average molecular weight is 381 g/mol. The molecule has 0 aliphatic heterocycles. The standard InChI is InChI=1S/C19H40O5S/c1-6-7-8-9-10-11-12-13-14-15-16-18(2,3)23-17-19(4,5)24-25(20,21)22/h6-17H2,1-5H3,(H,20,21,22). The molecule has 0 fully saturated rings. The first-order valence-electron chi connectivity index (χ1n) is 9.79. The van der Waals surface area contributed by atoms with Crippen molar-refractivity contribution in [2.24, 2.45) is 0 Å². The molecule has 0 unspecified atom stereocenters. The van der Waals surface area contributed by atoms with Crippen LogP contribution in [0.4, 0.5) is 0 Å². The van der Waals surface area contributed by atoms with Crippen molar-refractivity contribution in [1.82, 2.24) is 0 Å². The van der Waals surface area contributed by atoms with Gasteiger partial charge in [-0.1, -0.05) is 71.1 Å². The van der Waals surface area contributed by atoms with E-state index in [2.05, 4.69) is 11.1 Å². The molecular weight excluding hydrogens is 340 g/mol. The van der Waals surface area contributed by atoms with Crippen molar-refractivity contribution in [2.45, 2.75) is 116 Å². The lowest BCUT2D eigenvalue weighted by molar-refractivity contribution is -0.0860. The van der Waals surface area contributed by atoms with Crippen LogP contribution >= 0.6 is 0 Å². The fourth-order valence-corrected chi connectivity index (χ4v) is 3.41. The summed E-state index contributed by atoms with van der Waals surface area (Å²) in [6, 6.07) is 0. The summed E-state index contributed by atoms with van der Waals surface area (Å²) in [4.78, 5) is 0. The number of rotatable bonds is 16. The molecule has 0 saturated heterocycles. The van der Waals surface area contributed by atoms with Gasteiger partial charge in [-0.3, -0.25) is 4.55 Å². The topological polar surface area (TPSA) is 72.8 Å². The highest BCUT2D eigenvalue weighted by Crippen LogP contribution is 2.23. The van der Waals surface area contributed by atoms with Gasteiger partial charge in [-0.15, -0.1) is 0 Å². The molecule has 0 aliphatic rings. The predicted molar refractivity (Wildman–Crippen MR) is 103 cm³/mol. The van der Waals surface area contributed by atoms with E-state index in [1.54, 1.807) is 13.8 Å². The molecule has 0 aromatic heterocycles. The normalized spacial score (nSPS) is 13.4. The molecule has 1 N–H and O–H groups in total. The van der Waals surface area contributed by atoms with Gasteiger partial charge in [0, 0.05) is 0 Å². The van der Waals surface area contributed by atoms with E-state index in [0.717, 1.165) is 12.8 Å². The van der Waals surface area contributed by atoms with Gasteiger partial charge in [-0.25, -0.2) is 4.18 Å². The quantitative estimate of drug-likeness (QED) is 0.275. The molecule has 25 heavy (non-hydrogen) atoms. The van der Waals surface area contributed by atoms with Gasteiger partial charge < -0.3 is 4.74 Å². The van der Waals surface area contributed by atoms with Crippen molar-refractivity contribution in [3.8, 4) is 0 Å². The summed E-state index contributed by atoms with van der Waals surface area (Å²) in [5.41, 5.74) is -1.41. The smallest absolute Gasteiger partial charge is 0.373 e. The van der Waals surface area contributed by atoms with E-state index in [4.69, 9.17) is 9.29 Å². The van der Waals surface area contributed by atoms with Crippen molar-refractivity contribution in [2.75, 3.05) is 6.61 Å². The second kappa shape index (κ2) is 12.3. The summed E-state index contributed by atoms with van der Waals surface area (Å²) in [7, 11) is -4.47. The maximum atomic E-state index is 10.8. The summed E-state index contributed by atoms with van der Waals surface area (Å²) in [6.07, 6.45) is 13.9. The lowest BCUT2D eigenvalue weighted by atomic mass is 9.98. The van der Waals surface area contributed by atoms with Gasteiger partial charge >= 0.3 is 10.4 Å². The fourth-order valence-electron chi connectivity index (χ4n) is 2.79. The Balaban J connectivity index is 3.77. The van der Waals surface area contributed by atoms with Crippen molar-refractivity contribution >= 4 is 10.4 Å². The number of hydrogen-bond acceptors (Lipinski definition) is 4. The Morgan fingerprint density at radius 3 is 1.64 bits per heavy atom. The van der Waals surface area contributed by atoms with Crippen molar-refractivity contribution < 1.29 is 21.9 Å². The van der Waals surface area contributed by atoms with Crippen molar-refractivity contribution in [3.05, 3.63) is 0 Å². The summed E-state index contributed by atoms with van der Waals surface area (Å²) in [5, 5.41) is 0. The van der Waals surface area contributed by atoms with Crippen LogP contribution in [0.2, 0.25) is 0 Å². The highest BCUT2D eigenvalue weighted by atomic mass is 32.3. The van der Waals surface area contributed by atoms with Gasteiger partial charge in [0.25, 0.3) is 0 Å². The zero-order chi connectivity index (χ0) is 19.4. The Labute approximate surface area is 155 Å². The van der Waals surface area contributed by atoms with E-state index in [9.17, 15) is 8.42 Å². The third-order valence-electron chi connectivity index (χ3n) is 4.27. The van der Waals surface area contributed by atoms with Crippen LogP contribution in [0.3, 0.4) is 0 Å². The molecule has 0 aromatic rings. The van der Waals surface area contributed by atoms with E-state index in [1.807, 2.05) is 13.8 Å². The van der Waals surface area contributed by atoms with E-state index in [1.165, 1.54) is 57.8 Å². The largest absolute Gasteiger partial charge is 0.397 e. The Morgan fingerprint density at radius 1 is 0.760 bits per heavy atom. The molecule has 0 atom stereocenters. The molecule has 6 heteroatoms. The highest BCUT2D eigenvalue weighted by Gasteiger charge is 2.29. The van der Waals surface area contributed by atoms with Crippen LogP contribution in [-0.4, -0.2) is 30.8 Å². The van der Waals surface area contributed by atoms with E-state index in [-0.39, 0.29) is 12.2 Å². The first kappa shape index (κ1) is 24.8. The number of ether oxygens (including phenoxy) is 1. The van der Waals surface area contributed by atoms with Gasteiger partial charge in [0.05, 0.1) is 12.2 Å². The molecule has 0 heterocycles. The van der Waals surface area contributed by atoms with Crippen LogP contribution in [0, 0.1) is 0 Å². The zero-order valence-electron chi connectivity index (χ0n) is 17.0. The first-order chi connectivity index (χ1) is 11.5. The minimum absolute atomic E-state index is 0.109. The first-order valence-corrected chi connectivity index (χ1v) is 11.2. The minimum atomic E-state index is -4.47. The third kappa shape index (κ3) is 17.0. The van der Waals surface area contributed by atoms with Crippen molar-refractivity contribution in [3.63, 3.8) is 0 Å². The molecule has 0 aliphatic carbocycles. The SMILES string of the molecule is CCCCCCCCCCCCC(C)(C)OCC(C)(C)OS(=O)(=O)O. The molecule has 0 amide bonds. The summed E-state index contributed by atoms with van der Waals surface area (Å²) in [6.45, 7) is 9.52. The summed E-state index contributed by atoms with van der Waals surface area (Å²) in [5.74, 6) is 0. The van der Waals surface area contributed by atoms with Crippen LogP contribution in [0.25, 0.3) is 0 Å². The second-order valence-electron chi connectivity index (χ2n) is 8.25. The lowest BCUT2D eigenvalue weighted by Gasteiger charge is -2.31. The van der Waals surface area contributed by atoms with Crippen LogP contribution in [0.5, 0.6) is 0 Å². The molecule has 0 radical (unpaired) electrons. The molecule has 0 rings (SSSR count). The summed E-state index contributed by atoms with van der Waals surface area (Å²) < 4.78 is 40.9. The molecule has 0 bridgehead atoms. The monoisotopic (exact) mass is 380 g/mol. The van der Waals surface area contributed by atoms with Crippen LogP contribution in [0.15, 0.2) is 0 Å². The Kier molecular flexibility index (Phi) is 12.2. The predicted octanol–water partition coefficient (Wildman–Crippen LogP) is 5.69. The lowest BCUT2D eigenvalue weighted by Crippen LogP contribution is -2.38. The highest BCUT2D eigenvalue weighted by molar-refractivity contribution is 7.80. The number of hydrogen-bond donors (Lipinski definition) is 1. The molecular formula is C19H40O5S. The summed E-state index contributed by atoms with van der Waals surface area (Å²) >= 11 is 0. The minimum Gasteiger partial charge on any atom is -0.373 e. The molecule has 0 aromatic carbocycles. The molecule has 0 spiro atoms. The molecule has 5 nitrogen and oxygen atoms in total. The van der Waals surface area contributed by atoms with E-state index >= 15 is 0 Å². The second-order valence-corrected chi connectivity index (χ2v) is 9.27. The maximum absolute atomic E-state index is 10.8. The zero-order valence-corrected chi connectivity index (χ0v) is 17.8. The van der Waals surface area contributed by atoms with E-state index in [0.29, 0.717) is 0 Å². The van der Waals surface area contributed by atoms with Gasteiger partial charge in [0.15, 0.2) is 0 Å². The van der Waals surface area contributed by atoms with Gasteiger partial charge in [-0.05, 0) is 34.1 Å². The Hall–Kier alpha value is -0.170. The van der Waals surface area contributed by atoms with Crippen LogP contribution in [0.1, 0.15) is 105 Å². The Morgan fingerprint density at radius 2 is 1.20 bits per heavy atom. The fraction of sp³-hybridized carbons (Fsp3) is 1.00. The van der Waals surface area contributed by atoms with Gasteiger partial charge in [0.2, 0.25) is 0 Å². The number of unbranched alkanes of at least 4 members (excludes halogenated alkanes) is 9. The van der Waals surface area contributed by atoms with Crippen molar-refractivity contribution in [1.29, 1.82) is 0 Å². The maximum Gasteiger partial charge on any atom is 0.397 e. The van der Waals surface area contributed by atoms with E-state index < -0.39 is 16.0 Å². The van der Waals surface area contributed by atoms with Gasteiger partial charge in [0.1, 0.15) is 5.60 Å². The van der Waals surface area contributed by atoms with Crippen LogP contribution in [-0.2, 0) is 19.3 Å². The third-order valence-corrected chi connectivity index (χ3v) is 4.94. The Bertz CT molecular complexity index is 429. The molecule has 152 valence electrons. The molecule has 0 saturated carbocycles. The van der Waals surface area contributed by atoms with Crippen LogP contribution < -0.4 is 0 Å². The average Bonchev–Trinajstić information content (AvgIpc) is 2.45.